The van der Waals surface area contributed by atoms with Gasteiger partial charge < -0.3 is 21.1 Å². The Bertz CT molecular complexity index is 1100. The van der Waals surface area contributed by atoms with E-state index in [2.05, 4.69) is 30.9 Å². The molecule has 4 rings (SSSR count). The van der Waals surface area contributed by atoms with E-state index in [9.17, 15) is 9.90 Å². The summed E-state index contributed by atoms with van der Waals surface area (Å²) in [6.07, 6.45) is 6.82. The fourth-order valence-electron chi connectivity index (χ4n) is 3.41. The zero-order chi connectivity index (χ0) is 21.6. The Labute approximate surface area is 183 Å². The van der Waals surface area contributed by atoms with Gasteiger partial charge >= 0.3 is 5.97 Å². The van der Waals surface area contributed by atoms with Gasteiger partial charge in [0.1, 0.15) is 22.6 Å². The van der Waals surface area contributed by atoms with Gasteiger partial charge in [0.05, 0.1) is 12.4 Å². The molecule has 10 heteroatoms. The molecule has 0 amide bonds. The summed E-state index contributed by atoms with van der Waals surface area (Å²) in [4.78, 5) is 24.2. The summed E-state index contributed by atoms with van der Waals surface area (Å²) in [5.41, 5.74) is 2.76. The van der Waals surface area contributed by atoms with Crippen LogP contribution in [0.3, 0.4) is 0 Å². The van der Waals surface area contributed by atoms with E-state index in [1.165, 1.54) is 23.7 Å². The van der Waals surface area contributed by atoms with Gasteiger partial charge in [0.2, 0.25) is 0 Å². The second kappa shape index (κ2) is 9.51. The molecule has 0 aromatic carbocycles. The molecule has 1 saturated heterocycles. The van der Waals surface area contributed by atoms with Crippen molar-refractivity contribution in [2.24, 2.45) is 5.92 Å². The minimum atomic E-state index is -0.939. The van der Waals surface area contributed by atoms with Gasteiger partial charge in [0.15, 0.2) is 5.69 Å². The van der Waals surface area contributed by atoms with Crippen molar-refractivity contribution in [3.05, 3.63) is 46.7 Å². The summed E-state index contributed by atoms with van der Waals surface area (Å²) in [5.74, 6) is 0.683. The number of nitrogens with zero attached hydrogens (tertiary/aromatic N) is 4. The highest BCUT2D eigenvalue weighted by atomic mass is 32.1. The third-order valence-electron chi connectivity index (χ3n) is 5.09. The fraction of sp³-hybridized carbons (Fsp3) is 0.286. The van der Waals surface area contributed by atoms with Gasteiger partial charge in [-0.2, -0.15) is 5.26 Å². The van der Waals surface area contributed by atoms with E-state index < -0.39 is 5.97 Å². The summed E-state index contributed by atoms with van der Waals surface area (Å²) in [6, 6.07) is 5.49. The van der Waals surface area contributed by atoms with Crippen LogP contribution >= 0.6 is 11.3 Å². The first-order valence-corrected chi connectivity index (χ1v) is 10.8. The number of aromatic carboxylic acids is 1. The summed E-state index contributed by atoms with van der Waals surface area (Å²) in [7, 11) is 0. The SMILES string of the molecule is N#Cc1cnc(Nc2cc(NCC3CCNCC3)c(-c3csc(C(=O)O)c3)cn2)cn1. The summed E-state index contributed by atoms with van der Waals surface area (Å²) >= 11 is 1.19. The molecule has 0 atom stereocenters. The second-order valence-corrected chi connectivity index (χ2v) is 8.13. The number of hydrogen-bond acceptors (Lipinski definition) is 9. The first kappa shape index (κ1) is 20.7. The Kier molecular flexibility index (Phi) is 6.35. The Morgan fingerprint density at radius 1 is 1.19 bits per heavy atom. The van der Waals surface area contributed by atoms with E-state index in [0.717, 1.165) is 49.3 Å². The van der Waals surface area contributed by atoms with Crippen molar-refractivity contribution in [2.45, 2.75) is 12.8 Å². The molecule has 0 saturated carbocycles. The predicted molar refractivity (Wildman–Crippen MR) is 119 cm³/mol. The van der Waals surface area contributed by atoms with Crippen LogP contribution in [-0.2, 0) is 0 Å². The number of nitrogens with one attached hydrogen (secondary N) is 3. The van der Waals surface area contributed by atoms with E-state index in [1.807, 2.05) is 17.5 Å². The van der Waals surface area contributed by atoms with Gasteiger partial charge in [-0.1, -0.05) is 0 Å². The van der Waals surface area contributed by atoms with E-state index in [4.69, 9.17) is 5.26 Å². The number of rotatable bonds is 7. The minimum absolute atomic E-state index is 0.241. The quantitative estimate of drug-likeness (QED) is 0.440. The van der Waals surface area contributed by atoms with Crippen LogP contribution < -0.4 is 16.0 Å². The van der Waals surface area contributed by atoms with Gasteiger partial charge in [0, 0.05) is 30.1 Å². The molecule has 1 aliphatic rings. The van der Waals surface area contributed by atoms with Crippen LogP contribution in [0.15, 0.2) is 36.1 Å². The summed E-state index contributed by atoms with van der Waals surface area (Å²) < 4.78 is 0. The molecule has 3 aromatic rings. The lowest BCUT2D eigenvalue weighted by molar-refractivity contribution is 0.0702. The number of anilines is 3. The number of pyridine rings is 1. The van der Waals surface area contributed by atoms with Crippen molar-refractivity contribution in [3.8, 4) is 17.2 Å². The lowest BCUT2D eigenvalue weighted by Gasteiger charge is -2.24. The molecule has 1 fully saturated rings. The normalized spacial score (nSPS) is 14.0. The number of carboxylic acids is 1. The van der Waals surface area contributed by atoms with E-state index >= 15 is 0 Å². The average molecular weight is 436 g/mol. The summed E-state index contributed by atoms with van der Waals surface area (Å²) in [5, 5.41) is 30.0. The van der Waals surface area contributed by atoms with Crippen LogP contribution in [0.1, 0.15) is 28.2 Å². The first-order valence-electron chi connectivity index (χ1n) is 9.88. The molecule has 0 spiro atoms. The zero-order valence-electron chi connectivity index (χ0n) is 16.6. The van der Waals surface area contributed by atoms with Gasteiger partial charge in [-0.3, -0.25) is 0 Å². The third kappa shape index (κ3) is 5.14. The molecule has 4 N–H and O–H groups in total. The number of piperidine rings is 1. The number of nitriles is 1. The minimum Gasteiger partial charge on any atom is -0.477 e. The predicted octanol–water partition coefficient (Wildman–Crippen LogP) is 3.33. The standard InChI is InChI=1S/C21H21N7O2S/c22-7-15-9-26-20(11-24-15)28-19-6-17(25-8-13-1-3-23-4-2-13)16(10-27-19)14-5-18(21(29)30)31-12-14/h5-6,9-13,23H,1-4,8H2,(H,29,30)(H2,25,26,27,28). The largest absolute Gasteiger partial charge is 0.477 e. The highest BCUT2D eigenvalue weighted by Crippen LogP contribution is 2.33. The monoisotopic (exact) mass is 435 g/mol. The molecule has 0 bridgehead atoms. The van der Waals surface area contributed by atoms with E-state index in [1.54, 1.807) is 12.3 Å². The number of aromatic nitrogens is 3. The lowest BCUT2D eigenvalue weighted by atomic mass is 9.98. The van der Waals surface area contributed by atoms with Crippen LogP contribution in [0.5, 0.6) is 0 Å². The van der Waals surface area contributed by atoms with Crippen molar-refractivity contribution in [2.75, 3.05) is 30.3 Å². The van der Waals surface area contributed by atoms with Crippen LogP contribution in [0.4, 0.5) is 17.3 Å². The molecule has 4 heterocycles. The molecule has 0 aliphatic carbocycles. The van der Waals surface area contributed by atoms with Crippen molar-refractivity contribution >= 4 is 34.6 Å². The molecule has 0 radical (unpaired) electrons. The lowest BCUT2D eigenvalue weighted by Crippen LogP contribution is -2.31. The highest BCUT2D eigenvalue weighted by molar-refractivity contribution is 7.12. The number of hydrogen-bond donors (Lipinski definition) is 4. The van der Waals surface area contributed by atoms with Gasteiger partial charge in [-0.15, -0.1) is 11.3 Å². The van der Waals surface area contributed by atoms with Crippen molar-refractivity contribution in [1.29, 1.82) is 5.26 Å². The molecule has 1 aliphatic heterocycles. The van der Waals surface area contributed by atoms with E-state index in [0.29, 0.717) is 17.6 Å². The molecule has 0 unspecified atom stereocenters. The summed E-state index contributed by atoms with van der Waals surface area (Å²) in [6.45, 7) is 2.86. The second-order valence-electron chi connectivity index (χ2n) is 7.22. The molecule has 3 aromatic heterocycles. The maximum absolute atomic E-state index is 11.3. The Hall–Kier alpha value is -3.55. The number of carbonyl (C=O) groups is 1. The smallest absolute Gasteiger partial charge is 0.345 e. The number of thiophene rings is 1. The van der Waals surface area contributed by atoms with Crippen molar-refractivity contribution in [3.63, 3.8) is 0 Å². The fourth-order valence-corrected chi connectivity index (χ4v) is 4.16. The first-order chi connectivity index (χ1) is 15.1. The van der Waals surface area contributed by atoms with E-state index in [-0.39, 0.29) is 10.6 Å². The maximum atomic E-state index is 11.3. The zero-order valence-corrected chi connectivity index (χ0v) is 17.4. The Morgan fingerprint density at radius 3 is 2.68 bits per heavy atom. The third-order valence-corrected chi connectivity index (χ3v) is 6.01. The molecular weight excluding hydrogens is 414 g/mol. The van der Waals surface area contributed by atoms with Crippen LogP contribution in [0.2, 0.25) is 0 Å². The topological polar surface area (TPSA) is 136 Å². The Morgan fingerprint density at radius 2 is 2.00 bits per heavy atom. The molecular formula is C21H21N7O2S. The molecule has 31 heavy (non-hydrogen) atoms. The average Bonchev–Trinajstić information content (AvgIpc) is 3.29. The van der Waals surface area contributed by atoms with Crippen LogP contribution in [0, 0.1) is 17.2 Å². The number of carboxylic acid groups (broad SMARTS) is 1. The van der Waals surface area contributed by atoms with Crippen LogP contribution in [-0.4, -0.2) is 45.7 Å². The maximum Gasteiger partial charge on any atom is 0.345 e. The molecule has 158 valence electrons. The van der Waals surface area contributed by atoms with Gasteiger partial charge in [0.25, 0.3) is 0 Å². The molecule has 9 nitrogen and oxygen atoms in total. The van der Waals surface area contributed by atoms with Crippen LogP contribution in [0.25, 0.3) is 11.1 Å². The van der Waals surface area contributed by atoms with Crippen molar-refractivity contribution < 1.29 is 9.90 Å². The highest BCUT2D eigenvalue weighted by Gasteiger charge is 2.16. The van der Waals surface area contributed by atoms with Crippen molar-refractivity contribution in [1.82, 2.24) is 20.3 Å². The van der Waals surface area contributed by atoms with Gasteiger partial charge in [-0.25, -0.2) is 19.7 Å². The Balaban J connectivity index is 1.59. The van der Waals surface area contributed by atoms with Gasteiger partial charge in [-0.05, 0) is 48.9 Å².